The van der Waals surface area contributed by atoms with Crippen molar-refractivity contribution in [3.8, 4) is 0 Å². The van der Waals surface area contributed by atoms with E-state index in [1.165, 1.54) is 19.1 Å². The van der Waals surface area contributed by atoms with Gasteiger partial charge in [0.2, 0.25) is 0 Å². The first-order chi connectivity index (χ1) is 7.91. The Morgan fingerprint density at radius 3 is 2.65 bits per heavy atom. The molecule has 1 rings (SSSR count). The average molecular weight is 240 g/mol. The summed E-state index contributed by atoms with van der Waals surface area (Å²) in [5, 5.41) is 9.27. The fraction of sp³-hybridized carbons (Fsp3) is 0.417. The van der Waals surface area contributed by atoms with Gasteiger partial charge in [0.25, 0.3) is 0 Å². The van der Waals surface area contributed by atoms with Crippen molar-refractivity contribution in [1.29, 1.82) is 0 Å². The van der Waals surface area contributed by atoms with E-state index in [0.717, 1.165) is 6.07 Å². The molecule has 0 aliphatic heterocycles. The number of halogens is 1. The predicted octanol–water partition coefficient (Wildman–Crippen LogP) is 1.49. The summed E-state index contributed by atoms with van der Waals surface area (Å²) in [7, 11) is 0. The van der Waals surface area contributed by atoms with Gasteiger partial charge in [-0.15, -0.1) is 0 Å². The maximum absolute atomic E-state index is 13.8. The molecule has 5 N–H and O–H groups in total. The van der Waals surface area contributed by atoms with E-state index < -0.39 is 17.2 Å². The first kappa shape index (κ1) is 13.4. The molecule has 1 atom stereocenters. The van der Waals surface area contributed by atoms with Crippen molar-refractivity contribution in [3.05, 3.63) is 29.6 Å². The highest BCUT2D eigenvalue weighted by Gasteiger charge is 2.36. The van der Waals surface area contributed by atoms with Crippen LogP contribution >= 0.6 is 0 Å². The van der Waals surface area contributed by atoms with Gasteiger partial charge in [-0.05, 0) is 38.4 Å². The second kappa shape index (κ2) is 5.14. The van der Waals surface area contributed by atoms with Crippen LogP contribution in [-0.4, -0.2) is 17.6 Å². The highest BCUT2D eigenvalue weighted by molar-refractivity contribution is 5.81. The molecular weight excluding hydrogens is 223 g/mol. The van der Waals surface area contributed by atoms with Crippen molar-refractivity contribution in [1.82, 2.24) is 0 Å². The number of carboxylic acid groups (broad SMARTS) is 1. The fourth-order valence-electron chi connectivity index (χ4n) is 1.79. The van der Waals surface area contributed by atoms with Crippen LogP contribution in [0.4, 0.5) is 10.1 Å². The maximum Gasteiger partial charge on any atom is 0.313 e. The lowest BCUT2D eigenvalue weighted by Gasteiger charge is -2.25. The lowest BCUT2D eigenvalue weighted by molar-refractivity contribution is -0.143. The van der Waals surface area contributed by atoms with Gasteiger partial charge in [-0.1, -0.05) is 6.07 Å². The van der Waals surface area contributed by atoms with Gasteiger partial charge >= 0.3 is 5.97 Å². The highest BCUT2D eigenvalue weighted by atomic mass is 19.1. The van der Waals surface area contributed by atoms with Crippen LogP contribution < -0.4 is 11.5 Å². The van der Waals surface area contributed by atoms with E-state index >= 15 is 0 Å². The largest absolute Gasteiger partial charge is 0.481 e. The molecule has 0 fully saturated rings. The predicted molar refractivity (Wildman–Crippen MR) is 64.1 cm³/mol. The van der Waals surface area contributed by atoms with Crippen LogP contribution in [0.5, 0.6) is 0 Å². The van der Waals surface area contributed by atoms with Crippen molar-refractivity contribution in [2.75, 3.05) is 12.3 Å². The minimum atomic E-state index is -1.27. The normalized spacial score (nSPS) is 14.3. The Balaban J connectivity index is 3.17. The minimum absolute atomic E-state index is 0.146. The standard InChI is InChI=1S/C12H17FN2O2/c1-12(11(16)17,5-2-6-14)9-4-3-8(15)7-10(9)13/h3-4,7H,2,5-6,14-15H2,1H3,(H,16,17). The third-order valence-corrected chi connectivity index (χ3v) is 2.94. The number of rotatable bonds is 5. The van der Waals surface area contributed by atoms with Crippen molar-refractivity contribution in [2.45, 2.75) is 25.2 Å². The number of benzene rings is 1. The van der Waals surface area contributed by atoms with Gasteiger partial charge in [0.15, 0.2) is 0 Å². The Morgan fingerprint density at radius 1 is 1.53 bits per heavy atom. The van der Waals surface area contributed by atoms with Gasteiger partial charge < -0.3 is 16.6 Å². The molecule has 1 aromatic rings. The summed E-state index contributed by atoms with van der Waals surface area (Å²) in [5.74, 6) is -1.65. The van der Waals surface area contributed by atoms with Gasteiger partial charge in [0.05, 0.1) is 5.41 Å². The zero-order chi connectivity index (χ0) is 13.1. The molecule has 0 bridgehead atoms. The Labute approximate surface area is 99.4 Å². The molecule has 0 aromatic heterocycles. The minimum Gasteiger partial charge on any atom is -0.481 e. The van der Waals surface area contributed by atoms with Crippen LogP contribution in [0.2, 0.25) is 0 Å². The van der Waals surface area contributed by atoms with E-state index in [-0.39, 0.29) is 11.3 Å². The summed E-state index contributed by atoms with van der Waals surface area (Å²) in [6.45, 7) is 1.87. The third-order valence-electron chi connectivity index (χ3n) is 2.94. The van der Waals surface area contributed by atoms with E-state index in [4.69, 9.17) is 11.5 Å². The number of aliphatic carboxylic acids is 1. The summed E-state index contributed by atoms with van der Waals surface area (Å²) < 4.78 is 13.8. The third kappa shape index (κ3) is 2.74. The average Bonchev–Trinajstić information content (AvgIpc) is 2.25. The van der Waals surface area contributed by atoms with E-state index in [1.54, 1.807) is 0 Å². The molecule has 1 unspecified atom stereocenters. The Hall–Kier alpha value is -1.62. The van der Waals surface area contributed by atoms with Crippen molar-refractivity contribution in [3.63, 3.8) is 0 Å². The second-order valence-corrected chi connectivity index (χ2v) is 4.27. The molecule has 4 nitrogen and oxygen atoms in total. The number of carboxylic acids is 1. The van der Waals surface area contributed by atoms with E-state index in [0.29, 0.717) is 19.4 Å². The molecule has 0 amide bonds. The van der Waals surface area contributed by atoms with Crippen molar-refractivity contribution < 1.29 is 14.3 Å². The number of nitrogens with two attached hydrogens (primary N) is 2. The van der Waals surface area contributed by atoms with E-state index in [1.807, 2.05) is 0 Å². The smallest absolute Gasteiger partial charge is 0.313 e. The zero-order valence-corrected chi connectivity index (χ0v) is 9.74. The first-order valence-corrected chi connectivity index (χ1v) is 5.41. The molecule has 0 saturated heterocycles. The Kier molecular flexibility index (Phi) is 4.07. The molecule has 94 valence electrons. The lowest BCUT2D eigenvalue weighted by Crippen LogP contribution is -2.34. The topological polar surface area (TPSA) is 89.3 Å². The van der Waals surface area contributed by atoms with Gasteiger partial charge in [-0.25, -0.2) is 4.39 Å². The molecule has 5 heteroatoms. The van der Waals surface area contributed by atoms with Gasteiger partial charge in [0, 0.05) is 11.3 Å². The molecule has 0 radical (unpaired) electrons. The highest BCUT2D eigenvalue weighted by Crippen LogP contribution is 2.32. The van der Waals surface area contributed by atoms with Crippen LogP contribution in [0.1, 0.15) is 25.3 Å². The Bertz CT molecular complexity index is 423. The van der Waals surface area contributed by atoms with Crippen LogP contribution in [0.15, 0.2) is 18.2 Å². The number of carbonyl (C=O) groups is 1. The van der Waals surface area contributed by atoms with Crippen LogP contribution in [0, 0.1) is 5.82 Å². The molecule has 0 aliphatic carbocycles. The molecule has 0 saturated carbocycles. The molecule has 1 aromatic carbocycles. The molecular formula is C12H17FN2O2. The SMILES string of the molecule is CC(CCCN)(C(=O)O)c1ccc(N)cc1F. The van der Waals surface area contributed by atoms with E-state index in [9.17, 15) is 14.3 Å². The summed E-state index contributed by atoms with van der Waals surface area (Å²) in [4.78, 5) is 11.3. The molecule has 17 heavy (non-hydrogen) atoms. The van der Waals surface area contributed by atoms with Gasteiger partial charge in [0.1, 0.15) is 5.82 Å². The Morgan fingerprint density at radius 2 is 2.18 bits per heavy atom. The number of hydrogen-bond acceptors (Lipinski definition) is 3. The first-order valence-electron chi connectivity index (χ1n) is 5.41. The monoisotopic (exact) mass is 240 g/mol. The fourth-order valence-corrected chi connectivity index (χ4v) is 1.79. The van der Waals surface area contributed by atoms with Crippen molar-refractivity contribution in [2.24, 2.45) is 5.73 Å². The van der Waals surface area contributed by atoms with Crippen LogP contribution in [-0.2, 0) is 10.2 Å². The summed E-state index contributed by atoms with van der Waals surface area (Å²) in [6, 6.07) is 4.07. The molecule has 0 aliphatic rings. The maximum atomic E-state index is 13.8. The molecule has 0 heterocycles. The number of nitrogen functional groups attached to an aromatic ring is 1. The van der Waals surface area contributed by atoms with Crippen LogP contribution in [0.25, 0.3) is 0 Å². The van der Waals surface area contributed by atoms with Gasteiger partial charge in [-0.2, -0.15) is 0 Å². The van der Waals surface area contributed by atoms with Gasteiger partial charge in [-0.3, -0.25) is 4.79 Å². The van der Waals surface area contributed by atoms with Crippen molar-refractivity contribution >= 4 is 11.7 Å². The zero-order valence-electron chi connectivity index (χ0n) is 9.74. The quantitative estimate of drug-likeness (QED) is 0.680. The van der Waals surface area contributed by atoms with Crippen LogP contribution in [0.3, 0.4) is 0 Å². The second-order valence-electron chi connectivity index (χ2n) is 4.27. The molecule has 0 spiro atoms. The number of hydrogen-bond donors (Lipinski definition) is 3. The number of anilines is 1. The summed E-state index contributed by atoms with van der Waals surface area (Å²) in [6.07, 6.45) is 0.812. The summed E-state index contributed by atoms with van der Waals surface area (Å²) >= 11 is 0. The summed E-state index contributed by atoms with van der Waals surface area (Å²) in [5.41, 5.74) is 9.96. The lowest BCUT2D eigenvalue weighted by atomic mass is 9.78. The van der Waals surface area contributed by atoms with E-state index in [2.05, 4.69) is 0 Å².